The zero-order valence-corrected chi connectivity index (χ0v) is 16.0. The highest BCUT2D eigenvalue weighted by Gasteiger charge is 2.35. The van der Waals surface area contributed by atoms with Gasteiger partial charge in [-0.1, -0.05) is 0 Å². The van der Waals surface area contributed by atoms with E-state index in [1.165, 1.54) is 20.4 Å². The lowest BCUT2D eigenvalue weighted by atomic mass is 10.0. The number of amides is 1. The molecule has 1 saturated heterocycles. The number of carbonyl (C=O) groups is 1. The number of benzene rings is 1. The van der Waals surface area contributed by atoms with E-state index in [-0.39, 0.29) is 6.04 Å². The summed E-state index contributed by atoms with van der Waals surface area (Å²) in [6.07, 6.45) is -2.15. The third kappa shape index (κ3) is 4.23. The van der Waals surface area contributed by atoms with Gasteiger partial charge in [0.25, 0.3) is 5.56 Å². The first kappa shape index (κ1) is 20.8. The van der Waals surface area contributed by atoms with Gasteiger partial charge < -0.3 is 18.9 Å². The fourth-order valence-corrected chi connectivity index (χ4v) is 3.60. The fourth-order valence-electron chi connectivity index (χ4n) is 3.60. The Hall–Kier alpha value is -2.97. The average molecular weight is 410 g/mol. The maximum absolute atomic E-state index is 13.0. The van der Waals surface area contributed by atoms with Crippen LogP contribution in [0.3, 0.4) is 0 Å². The van der Waals surface area contributed by atoms with Crippen molar-refractivity contribution in [3.63, 3.8) is 0 Å². The van der Waals surface area contributed by atoms with E-state index in [1.807, 2.05) is 6.07 Å². The van der Waals surface area contributed by atoms with Gasteiger partial charge in [-0.3, -0.25) is 9.59 Å². The number of pyridine rings is 1. The van der Waals surface area contributed by atoms with E-state index in [1.54, 1.807) is 17.0 Å². The average Bonchev–Trinajstić information content (AvgIpc) is 3.17. The molecule has 1 fully saturated rings. The lowest BCUT2D eigenvalue weighted by Crippen LogP contribution is -2.37. The third-order valence-corrected chi connectivity index (χ3v) is 5.00. The van der Waals surface area contributed by atoms with Crippen LogP contribution in [0.15, 0.2) is 41.3 Å². The van der Waals surface area contributed by atoms with Crippen molar-refractivity contribution in [3.05, 3.63) is 58.0 Å². The Labute approximate surface area is 165 Å². The van der Waals surface area contributed by atoms with Gasteiger partial charge in [-0.25, -0.2) is 0 Å². The number of ether oxygens (including phenoxy) is 2. The van der Waals surface area contributed by atoms with Gasteiger partial charge in [0.05, 0.1) is 20.3 Å². The summed E-state index contributed by atoms with van der Waals surface area (Å²) in [4.78, 5) is 26.6. The maximum atomic E-state index is 13.0. The quantitative estimate of drug-likeness (QED) is 0.759. The molecule has 1 atom stereocenters. The van der Waals surface area contributed by atoms with E-state index in [4.69, 9.17) is 9.47 Å². The second-order valence-electron chi connectivity index (χ2n) is 6.71. The van der Waals surface area contributed by atoms with E-state index in [2.05, 4.69) is 0 Å². The smallest absolute Gasteiger partial charge is 0.421 e. The highest BCUT2D eigenvalue weighted by atomic mass is 19.4. The van der Waals surface area contributed by atoms with Crippen LogP contribution in [0.5, 0.6) is 11.5 Å². The van der Waals surface area contributed by atoms with Crippen LogP contribution in [0, 0.1) is 0 Å². The van der Waals surface area contributed by atoms with Crippen LogP contribution in [-0.2, 0) is 17.5 Å². The van der Waals surface area contributed by atoms with Crippen molar-refractivity contribution in [1.29, 1.82) is 0 Å². The first-order chi connectivity index (χ1) is 13.8. The van der Waals surface area contributed by atoms with Gasteiger partial charge in [-0.2, -0.15) is 13.2 Å². The highest BCUT2D eigenvalue weighted by Crippen LogP contribution is 2.38. The molecule has 3 rings (SSSR count). The predicted octanol–water partition coefficient (Wildman–Crippen LogP) is 3.25. The number of carbonyl (C=O) groups excluding carboxylic acids is 1. The molecule has 1 unspecified atom stereocenters. The van der Waals surface area contributed by atoms with E-state index >= 15 is 0 Å². The zero-order valence-electron chi connectivity index (χ0n) is 16.0. The van der Waals surface area contributed by atoms with Gasteiger partial charge in [0.15, 0.2) is 0 Å². The van der Waals surface area contributed by atoms with Crippen molar-refractivity contribution in [2.45, 2.75) is 31.6 Å². The first-order valence-electron chi connectivity index (χ1n) is 9.04. The van der Waals surface area contributed by atoms with Crippen LogP contribution in [0.1, 0.15) is 30.0 Å². The number of rotatable bonds is 5. The van der Waals surface area contributed by atoms with Crippen LogP contribution < -0.4 is 15.0 Å². The standard InChI is InChI=1S/C20H21F3N2O4/c1-28-13-7-8-14(17(11-13)29-2)16-6-4-10-25(16)18(26)12-24-9-3-5-15(19(24)27)20(21,22)23/h3,5,7-9,11,16H,4,6,10,12H2,1-2H3. The molecule has 9 heteroatoms. The summed E-state index contributed by atoms with van der Waals surface area (Å²) in [6.45, 7) is -0.00980. The van der Waals surface area contributed by atoms with Crippen molar-refractivity contribution in [1.82, 2.24) is 9.47 Å². The zero-order chi connectivity index (χ0) is 21.2. The minimum Gasteiger partial charge on any atom is -0.497 e. The molecule has 1 amide bonds. The SMILES string of the molecule is COc1ccc(C2CCCN2C(=O)Cn2cccc(C(F)(F)F)c2=O)c(OC)c1. The lowest BCUT2D eigenvalue weighted by molar-refractivity contribution is -0.139. The van der Waals surface area contributed by atoms with Crippen molar-refractivity contribution >= 4 is 5.91 Å². The summed E-state index contributed by atoms with van der Waals surface area (Å²) >= 11 is 0. The summed E-state index contributed by atoms with van der Waals surface area (Å²) in [5.41, 5.74) is -1.73. The van der Waals surface area contributed by atoms with Crippen molar-refractivity contribution in [2.24, 2.45) is 0 Å². The van der Waals surface area contributed by atoms with E-state index in [0.29, 0.717) is 30.5 Å². The molecule has 2 heterocycles. The number of halogens is 3. The van der Waals surface area contributed by atoms with Crippen LogP contribution in [0.2, 0.25) is 0 Å². The van der Waals surface area contributed by atoms with Gasteiger partial charge >= 0.3 is 6.18 Å². The molecule has 156 valence electrons. The fraction of sp³-hybridized carbons (Fsp3) is 0.400. The summed E-state index contributed by atoms with van der Waals surface area (Å²) in [6, 6.07) is 6.83. The Balaban J connectivity index is 1.86. The molecule has 0 saturated carbocycles. The van der Waals surface area contributed by atoms with Crippen molar-refractivity contribution in [3.8, 4) is 11.5 Å². The van der Waals surface area contributed by atoms with E-state index in [0.717, 1.165) is 22.6 Å². The molecule has 1 aliphatic heterocycles. The van der Waals surface area contributed by atoms with Gasteiger partial charge in [-0.05, 0) is 37.1 Å². The predicted molar refractivity (Wildman–Crippen MR) is 98.9 cm³/mol. The molecular weight excluding hydrogens is 389 g/mol. The number of likely N-dealkylation sites (tertiary alicyclic amines) is 1. The number of hydrogen-bond acceptors (Lipinski definition) is 4. The molecule has 1 aromatic heterocycles. The lowest BCUT2D eigenvalue weighted by Gasteiger charge is -2.27. The normalized spacial score (nSPS) is 16.7. The summed E-state index contributed by atoms with van der Waals surface area (Å²) < 4.78 is 50.3. The minimum absolute atomic E-state index is 0.287. The van der Waals surface area contributed by atoms with Crippen LogP contribution in [0.25, 0.3) is 0 Å². The number of alkyl halides is 3. The maximum Gasteiger partial charge on any atom is 0.421 e. The Morgan fingerprint density at radius 2 is 1.97 bits per heavy atom. The Kier molecular flexibility index (Phi) is 5.86. The van der Waals surface area contributed by atoms with Gasteiger partial charge in [-0.15, -0.1) is 0 Å². The topological polar surface area (TPSA) is 60.8 Å². The number of hydrogen-bond donors (Lipinski definition) is 0. The van der Waals surface area contributed by atoms with Gasteiger partial charge in [0.1, 0.15) is 23.6 Å². The highest BCUT2D eigenvalue weighted by molar-refractivity contribution is 5.77. The minimum atomic E-state index is -4.77. The second kappa shape index (κ2) is 8.18. The monoisotopic (exact) mass is 410 g/mol. The largest absolute Gasteiger partial charge is 0.497 e. The Morgan fingerprint density at radius 1 is 1.21 bits per heavy atom. The summed E-state index contributed by atoms with van der Waals surface area (Å²) in [5.74, 6) is 0.745. The molecule has 1 aliphatic rings. The number of aromatic nitrogens is 1. The Morgan fingerprint density at radius 3 is 2.62 bits per heavy atom. The number of methoxy groups -OCH3 is 2. The molecule has 0 aliphatic carbocycles. The summed E-state index contributed by atoms with van der Waals surface area (Å²) in [7, 11) is 3.05. The van der Waals surface area contributed by atoms with Gasteiger partial charge in [0, 0.05) is 24.4 Å². The molecular formula is C20H21F3N2O4. The molecule has 29 heavy (non-hydrogen) atoms. The van der Waals surface area contributed by atoms with E-state index < -0.39 is 29.8 Å². The Bertz CT molecular complexity index is 955. The molecule has 2 aromatic rings. The van der Waals surface area contributed by atoms with Crippen molar-refractivity contribution < 1.29 is 27.4 Å². The van der Waals surface area contributed by atoms with Crippen molar-refractivity contribution in [2.75, 3.05) is 20.8 Å². The van der Waals surface area contributed by atoms with Crippen LogP contribution >= 0.6 is 0 Å². The molecule has 0 N–H and O–H groups in total. The second-order valence-corrected chi connectivity index (χ2v) is 6.71. The molecule has 0 radical (unpaired) electrons. The molecule has 0 spiro atoms. The van der Waals surface area contributed by atoms with Crippen LogP contribution in [0.4, 0.5) is 13.2 Å². The van der Waals surface area contributed by atoms with E-state index in [9.17, 15) is 22.8 Å². The third-order valence-electron chi connectivity index (χ3n) is 5.00. The van der Waals surface area contributed by atoms with Gasteiger partial charge in [0.2, 0.25) is 5.91 Å². The number of nitrogens with zero attached hydrogens (tertiary/aromatic N) is 2. The molecule has 6 nitrogen and oxygen atoms in total. The summed E-state index contributed by atoms with van der Waals surface area (Å²) in [5, 5.41) is 0. The molecule has 0 bridgehead atoms. The molecule has 1 aromatic carbocycles. The first-order valence-corrected chi connectivity index (χ1v) is 9.04. The van der Waals surface area contributed by atoms with Crippen LogP contribution in [-0.4, -0.2) is 36.1 Å².